The smallest absolute Gasteiger partial charge is 0.255 e. The number of amides is 1. The molecule has 0 atom stereocenters. The van der Waals surface area contributed by atoms with E-state index in [0.717, 1.165) is 26.0 Å². The summed E-state index contributed by atoms with van der Waals surface area (Å²) in [7, 11) is 1.85. The van der Waals surface area contributed by atoms with E-state index in [4.69, 9.17) is 0 Å². The highest BCUT2D eigenvalue weighted by atomic mass is 79.9. The van der Waals surface area contributed by atoms with Gasteiger partial charge in [0.1, 0.15) is 0 Å². The van der Waals surface area contributed by atoms with Gasteiger partial charge in [0.2, 0.25) is 0 Å². The van der Waals surface area contributed by atoms with Gasteiger partial charge in [-0.05, 0) is 57.6 Å². The molecule has 0 N–H and O–H groups in total. The number of nitrogens with zero attached hydrogens (tertiary/aromatic N) is 1. The molecule has 1 amide bonds. The Kier molecular flexibility index (Phi) is 5.66. The average Bonchev–Trinajstić information content (AvgIpc) is 3.27. The number of hydrogen-bond acceptors (Lipinski definition) is 3. The fraction of sp³-hybridized carbons (Fsp3) is 0.105. The quantitative estimate of drug-likeness (QED) is 0.482. The van der Waals surface area contributed by atoms with Crippen LogP contribution in [0.4, 0.5) is 0 Å². The molecular weight excluding hydrogens is 402 g/mol. The van der Waals surface area contributed by atoms with Crippen molar-refractivity contribution in [3.8, 4) is 0 Å². The maximum absolute atomic E-state index is 13.0. The molecule has 0 saturated carbocycles. The van der Waals surface area contributed by atoms with Crippen LogP contribution < -0.4 is 0 Å². The summed E-state index contributed by atoms with van der Waals surface area (Å²) in [5.74, 6) is 0.0339. The van der Waals surface area contributed by atoms with Crippen molar-refractivity contribution < 1.29 is 4.79 Å². The third-order valence-electron chi connectivity index (χ3n) is 3.54. The minimum atomic E-state index is 0.0339. The molecule has 0 saturated heterocycles. The number of carbonyl (C=O) groups is 1. The summed E-state index contributed by atoms with van der Waals surface area (Å²) in [5.41, 5.74) is 2.90. The fourth-order valence-electron chi connectivity index (χ4n) is 2.33. The van der Waals surface area contributed by atoms with E-state index in [1.54, 1.807) is 27.6 Å². The predicted molar refractivity (Wildman–Crippen MR) is 107 cm³/mol. The molecule has 1 aromatic carbocycles. The van der Waals surface area contributed by atoms with E-state index in [2.05, 4.69) is 27.4 Å². The Bertz CT molecular complexity index is 821. The summed E-state index contributed by atoms with van der Waals surface area (Å²) in [6.45, 7) is 0.616. The van der Waals surface area contributed by atoms with Crippen LogP contribution in [0.15, 0.2) is 63.1 Å². The van der Waals surface area contributed by atoms with Crippen LogP contribution in [0.25, 0.3) is 11.6 Å². The average molecular weight is 418 g/mol. The number of carbonyl (C=O) groups excluding carboxylic acids is 1. The summed E-state index contributed by atoms with van der Waals surface area (Å²) < 4.78 is 1.03. The third kappa shape index (κ3) is 4.23. The van der Waals surface area contributed by atoms with E-state index in [9.17, 15) is 4.79 Å². The lowest BCUT2D eigenvalue weighted by Gasteiger charge is -2.18. The number of rotatable bonds is 5. The monoisotopic (exact) mass is 417 g/mol. The molecule has 0 aliphatic rings. The fourth-order valence-corrected chi connectivity index (χ4v) is 3.99. The van der Waals surface area contributed by atoms with E-state index in [1.807, 2.05) is 60.3 Å². The minimum Gasteiger partial charge on any atom is -0.337 e. The second-order valence-corrected chi connectivity index (χ2v) is 8.02. The maximum Gasteiger partial charge on any atom is 0.255 e. The first-order chi connectivity index (χ1) is 11.6. The lowest BCUT2D eigenvalue weighted by atomic mass is 10.1. The molecule has 0 unspecified atom stereocenters. The highest BCUT2D eigenvalue weighted by molar-refractivity contribution is 9.10. The Morgan fingerprint density at radius 3 is 2.58 bits per heavy atom. The topological polar surface area (TPSA) is 20.3 Å². The van der Waals surface area contributed by atoms with Crippen molar-refractivity contribution in [3.63, 3.8) is 0 Å². The summed E-state index contributed by atoms with van der Waals surface area (Å²) in [6.07, 6.45) is 1.96. The van der Waals surface area contributed by atoms with Gasteiger partial charge in [-0.3, -0.25) is 4.79 Å². The summed E-state index contributed by atoms with van der Waals surface area (Å²) >= 11 is 6.68. The third-order valence-corrected chi connectivity index (χ3v) is 5.71. The molecule has 0 radical (unpaired) electrons. The van der Waals surface area contributed by atoms with Crippen molar-refractivity contribution >= 4 is 56.2 Å². The summed E-state index contributed by atoms with van der Waals surface area (Å²) in [6, 6.07) is 14.0. The summed E-state index contributed by atoms with van der Waals surface area (Å²) in [4.78, 5) is 15.8. The van der Waals surface area contributed by atoms with Gasteiger partial charge < -0.3 is 4.90 Å². The lowest BCUT2D eigenvalue weighted by molar-refractivity contribution is -0.124. The highest BCUT2D eigenvalue weighted by Crippen LogP contribution is 2.26. The molecule has 0 aliphatic carbocycles. The predicted octanol–water partition coefficient (Wildman–Crippen LogP) is 5.77. The largest absolute Gasteiger partial charge is 0.337 e. The van der Waals surface area contributed by atoms with E-state index in [0.29, 0.717) is 6.54 Å². The Balaban J connectivity index is 1.90. The first-order valence-corrected chi connectivity index (χ1v) is 10.0. The Labute approximate surface area is 158 Å². The molecule has 122 valence electrons. The Morgan fingerprint density at radius 1 is 1.17 bits per heavy atom. The summed E-state index contributed by atoms with van der Waals surface area (Å²) in [5, 5.41) is 6.11. The molecule has 0 spiro atoms. The molecular formula is C19H16BrNOS2. The van der Waals surface area contributed by atoms with Gasteiger partial charge in [-0.2, -0.15) is 11.3 Å². The van der Waals surface area contributed by atoms with Crippen molar-refractivity contribution in [2.24, 2.45) is 0 Å². The van der Waals surface area contributed by atoms with E-state index in [1.165, 1.54) is 0 Å². The van der Waals surface area contributed by atoms with Gasteiger partial charge in [0.25, 0.3) is 5.91 Å². The molecule has 24 heavy (non-hydrogen) atoms. The van der Waals surface area contributed by atoms with Crippen molar-refractivity contribution in [1.82, 2.24) is 4.90 Å². The van der Waals surface area contributed by atoms with Crippen LogP contribution in [0.3, 0.4) is 0 Å². The molecule has 2 aromatic heterocycles. The van der Waals surface area contributed by atoms with Crippen LogP contribution in [0, 0.1) is 0 Å². The van der Waals surface area contributed by atoms with Gasteiger partial charge in [0, 0.05) is 22.9 Å². The Morgan fingerprint density at radius 2 is 1.96 bits per heavy atom. The van der Waals surface area contributed by atoms with Gasteiger partial charge >= 0.3 is 0 Å². The normalized spacial score (nSPS) is 11.5. The van der Waals surface area contributed by atoms with Gasteiger partial charge in [0.15, 0.2) is 0 Å². The van der Waals surface area contributed by atoms with Crippen molar-refractivity contribution in [3.05, 3.63) is 79.1 Å². The molecule has 0 bridgehead atoms. The zero-order valence-electron chi connectivity index (χ0n) is 13.1. The van der Waals surface area contributed by atoms with Crippen LogP contribution >= 0.6 is 38.6 Å². The molecule has 0 aliphatic heterocycles. The second-order valence-electron chi connectivity index (χ2n) is 5.38. The van der Waals surface area contributed by atoms with Crippen LogP contribution in [-0.4, -0.2) is 17.9 Å². The number of hydrogen-bond donors (Lipinski definition) is 0. The molecule has 0 fully saturated rings. The minimum absolute atomic E-state index is 0.0339. The number of likely N-dealkylation sites (N-methyl/N-ethyl adjacent to an activating group) is 1. The Hall–Kier alpha value is -1.69. The van der Waals surface area contributed by atoms with E-state index >= 15 is 0 Å². The van der Waals surface area contributed by atoms with Gasteiger partial charge in [-0.15, -0.1) is 11.3 Å². The van der Waals surface area contributed by atoms with Crippen LogP contribution in [0.2, 0.25) is 0 Å². The maximum atomic E-state index is 13.0. The molecule has 2 heterocycles. The molecule has 2 nitrogen and oxygen atoms in total. The van der Waals surface area contributed by atoms with Crippen LogP contribution in [-0.2, 0) is 11.3 Å². The van der Waals surface area contributed by atoms with Gasteiger partial charge in [-0.1, -0.05) is 34.1 Å². The van der Waals surface area contributed by atoms with Crippen LogP contribution in [0.5, 0.6) is 0 Å². The first-order valence-electron chi connectivity index (χ1n) is 7.41. The molecule has 5 heteroatoms. The molecule has 3 rings (SSSR count). The van der Waals surface area contributed by atoms with Crippen molar-refractivity contribution in [1.29, 1.82) is 0 Å². The number of benzene rings is 1. The highest BCUT2D eigenvalue weighted by Gasteiger charge is 2.18. The lowest BCUT2D eigenvalue weighted by Crippen LogP contribution is -2.26. The number of halogens is 1. The van der Waals surface area contributed by atoms with Crippen molar-refractivity contribution in [2.75, 3.05) is 7.05 Å². The second kappa shape index (κ2) is 7.92. The van der Waals surface area contributed by atoms with E-state index < -0.39 is 0 Å². The zero-order chi connectivity index (χ0) is 16.9. The number of thiophene rings is 2. The van der Waals surface area contributed by atoms with E-state index in [-0.39, 0.29) is 5.91 Å². The standard InChI is InChI=1S/C19H16BrNOS2/c1-21(12-15-8-10-23-13-15)19(22)17(18-3-2-9-24-18)11-14-4-6-16(20)7-5-14/h2-11,13H,12H2,1H3. The first kappa shape index (κ1) is 17.1. The SMILES string of the molecule is CN(Cc1ccsc1)C(=O)C(=Cc1ccc(Br)cc1)c1cccs1. The van der Waals surface area contributed by atoms with Gasteiger partial charge in [0.05, 0.1) is 5.57 Å². The van der Waals surface area contributed by atoms with Crippen molar-refractivity contribution in [2.45, 2.75) is 6.54 Å². The molecule has 3 aromatic rings. The van der Waals surface area contributed by atoms with Crippen LogP contribution in [0.1, 0.15) is 16.0 Å². The zero-order valence-corrected chi connectivity index (χ0v) is 16.3. The van der Waals surface area contributed by atoms with Gasteiger partial charge in [-0.25, -0.2) is 0 Å².